The molecule has 0 heterocycles. The van der Waals surface area contributed by atoms with Crippen molar-refractivity contribution in [1.82, 2.24) is 15.5 Å². The fraction of sp³-hybridized carbons (Fsp3) is 0.577. The number of hydrogen-bond donors (Lipinski definition) is 4. The highest BCUT2D eigenvalue weighted by molar-refractivity contribution is 5.95. The van der Waals surface area contributed by atoms with E-state index in [9.17, 15) is 29.1 Å². The lowest BCUT2D eigenvalue weighted by atomic mass is 10.0. The van der Waals surface area contributed by atoms with Gasteiger partial charge in [0.15, 0.2) is 0 Å². The number of phenolic OH excluding ortho intramolecular Hbond substituents is 1. The summed E-state index contributed by atoms with van der Waals surface area (Å²) in [6.07, 6.45) is 1.64. The van der Waals surface area contributed by atoms with E-state index in [1.54, 1.807) is 20.8 Å². The number of unbranched alkanes of at least 4 members (excludes halogenated alkanes) is 3. The molecule has 0 aliphatic heterocycles. The Balaban J connectivity index is 3.47. The number of carbonyl (C=O) groups is 5. The van der Waals surface area contributed by atoms with Crippen LogP contribution in [0.4, 0.5) is 4.79 Å². The van der Waals surface area contributed by atoms with Crippen LogP contribution in [-0.2, 0) is 28.7 Å². The third kappa shape index (κ3) is 11.5. The molecule has 38 heavy (non-hydrogen) atoms. The maximum absolute atomic E-state index is 13.9. The Morgan fingerprint density at radius 3 is 2.21 bits per heavy atom. The molecule has 2 atom stereocenters. The van der Waals surface area contributed by atoms with Gasteiger partial charge in [0.25, 0.3) is 0 Å². The number of ether oxygens (including phenoxy) is 2. The monoisotopic (exact) mass is 536 g/mol. The van der Waals surface area contributed by atoms with Gasteiger partial charge >= 0.3 is 12.1 Å². The number of primary amides is 1. The Hall–Kier alpha value is -3.83. The van der Waals surface area contributed by atoms with Crippen molar-refractivity contribution in [1.29, 1.82) is 0 Å². The molecule has 5 N–H and O–H groups in total. The van der Waals surface area contributed by atoms with Crippen LogP contribution in [0.1, 0.15) is 71.4 Å². The fourth-order valence-corrected chi connectivity index (χ4v) is 3.58. The molecule has 1 aromatic rings. The number of nitrogens with two attached hydrogens (primary N) is 1. The quantitative estimate of drug-likeness (QED) is 0.206. The van der Waals surface area contributed by atoms with Crippen LogP contribution in [0.3, 0.4) is 0 Å². The Bertz CT molecular complexity index is 959. The van der Waals surface area contributed by atoms with E-state index in [2.05, 4.69) is 15.4 Å². The number of benzene rings is 1. The number of nitrogens with one attached hydrogen (secondary N) is 2. The second kappa shape index (κ2) is 15.4. The van der Waals surface area contributed by atoms with Crippen molar-refractivity contribution in [3.8, 4) is 5.75 Å². The third-order valence-electron chi connectivity index (χ3n) is 5.33. The van der Waals surface area contributed by atoms with Crippen molar-refractivity contribution in [3.05, 3.63) is 29.8 Å². The molecule has 1 rings (SSSR count). The van der Waals surface area contributed by atoms with Crippen LogP contribution in [0.15, 0.2) is 24.3 Å². The summed E-state index contributed by atoms with van der Waals surface area (Å²) in [4.78, 5) is 64.4. The first-order valence-electron chi connectivity index (χ1n) is 12.5. The zero-order chi connectivity index (χ0) is 28.9. The van der Waals surface area contributed by atoms with Gasteiger partial charge in [-0.15, -0.1) is 0 Å². The largest absolute Gasteiger partial charge is 0.508 e. The zero-order valence-electron chi connectivity index (χ0n) is 22.7. The Kier molecular flexibility index (Phi) is 13.1. The minimum atomic E-state index is -1.42. The summed E-state index contributed by atoms with van der Waals surface area (Å²) < 4.78 is 9.83. The molecule has 12 nitrogen and oxygen atoms in total. The lowest BCUT2D eigenvalue weighted by Crippen LogP contribution is -2.54. The maximum Gasteiger partial charge on any atom is 0.408 e. The molecular formula is C26H40N4O8. The summed E-state index contributed by atoms with van der Waals surface area (Å²) in [5.74, 6) is -3.03. The normalized spacial score (nSPS) is 12.6. The molecule has 0 saturated heterocycles. The zero-order valence-corrected chi connectivity index (χ0v) is 22.7. The lowest BCUT2D eigenvalue weighted by molar-refractivity contribution is -0.145. The van der Waals surface area contributed by atoms with E-state index in [-0.39, 0.29) is 12.3 Å². The molecule has 2 unspecified atom stereocenters. The summed E-state index contributed by atoms with van der Waals surface area (Å²) in [7, 11) is 1.17. The SMILES string of the molecule is CCCCCCN(C(=O)C(CC(N)=O)NC(=O)OC(C)(C)C)C(C(=O)NCC(=O)OC)c1ccc(O)cc1. The summed E-state index contributed by atoms with van der Waals surface area (Å²) in [5.41, 5.74) is 4.84. The van der Waals surface area contributed by atoms with Gasteiger partial charge in [0.05, 0.1) is 13.5 Å². The molecule has 0 aliphatic carbocycles. The maximum atomic E-state index is 13.9. The van der Waals surface area contributed by atoms with Crippen LogP contribution in [0.25, 0.3) is 0 Å². The first-order chi connectivity index (χ1) is 17.8. The average molecular weight is 537 g/mol. The Morgan fingerprint density at radius 2 is 1.68 bits per heavy atom. The average Bonchev–Trinajstić information content (AvgIpc) is 2.82. The first kappa shape index (κ1) is 32.2. The van der Waals surface area contributed by atoms with Gasteiger partial charge in [-0.2, -0.15) is 0 Å². The van der Waals surface area contributed by atoms with E-state index in [0.29, 0.717) is 12.0 Å². The number of amides is 4. The summed E-state index contributed by atoms with van der Waals surface area (Å²) in [6, 6.07) is 2.97. The number of phenols is 1. The molecule has 0 aliphatic rings. The summed E-state index contributed by atoms with van der Waals surface area (Å²) in [5, 5.41) is 14.6. The minimum absolute atomic E-state index is 0.0542. The highest BCUT2D eigenvalue weighted by atomic mass is 16.6. The molecule has 0 radical (unpaired) electrons. The molecule has 0 fully saturated rings. The van der Waals surface area contributed by atoms with Crippen LogP contribution in [0.2, 0.25) is 0 Å². The molecule has 0 aromatic heterocycles. The lowest BCUT2D eigenvalue weighted by Gasteiger charge is -2.34. The Morgan fingerprint density at radius 1 is 1.05 bits per heavy atom. The molecule has 1 aromatic carbocycles. The minimum Gasteiger partial charge on any atom is -0.508 e. The third-order valence-corrected chi connectivity index (χ3v) is 5.33. The first-order valence-corrected chi connectivity index (χ1v) is 12.5. The number of nitrogens with zero attached hydrogens (tertiary/aromatic N) is 1. The molecule has 0 bridgehead atoms. The van der Waals surface area contributed by atoms with Crippen molar-refractivity contribution in [2.75, 3.05) is 20.2 Å². The van der Waals surface area contributed by atoms with Crippen molar-refractivity contribution < 1.29 is 38.6 Å². The van der Waals surface area contributed by atoms with Crippen molar-refractivity contribution >= 4 is 29.8 Å². The highest BCUT2D eigenvalue weighted by Crippen LogP contribution is 2.26. The van der Waals surface area contributed by atoms with Gasteiger partial charge in [0, 0.05) is 6.54 Å². The van der Waals surface area contributed by atoms with Crippen LogP contribution < -0.4 is 16.4 Å². The van der Waals surface area contributed by atoms with Gasteiger partial charge < -0.3 is 35.8 Å². The predicted octanol–water partition coefficient (Wildman–Crippen LogP) is 1.90. The van der Waals surface area contributed by atoms with Crippen molar-refractivity contribution in [2.45, 2.75) is 77.5 Å². The van der Waals surface area contributed by atoms with Gasteiger partial charge in [0.1, 0.15) is 30.0 Å². The number of aromatic hydroxyl groups is 1. The number of esters is 1. The number of hydrogen-bond acceptors (Lipinski definition) is 8. The van der Waals surface area contributed by atoms with E-state index in [1.807, 2.05) is 6.92 Å². The smallest absolute Gasteiger partial charge is 0.408 e. The van der Waals surface area contributed by atoms with Crippen molar-refractivity contribution in [2.24, 2.45) is 5.73 Å². The van der Waals surface area contributed by atoms with E-state index in [4.69, 9.17) is 10.5 Å². The number of methoxy groups -OCH3 is 1. The standard InChI is InChI=1S/C26H40N4O8/c1-6-7-8-9-14-30(24(35)19(15-20(27)32)29-25(36)38-26(2,3)4)22(17-10-12-18(31)13-11-17)23(34)28-16-21(33)37-5/h10-13,19,22,31H,6-9,14-16H2,1-5H3,(H2,27,32)(H,28,34)(H,29,36). The second-order valence-electron chi connectivity index (χ2n) is 9.75. The number of rotatable bonds is 14. The molecule has 212 valence electrons. The molecule has 4 amide bonds. The predicted molar refractivity (Wildman–Crippen MR) is 139 cm³/mol. The molecular weight excluding hydrogens is 496 g/mol. The summed E-state index contributed by atoms with van der Waals surface area (Å²) in [6.45, 7) is 6.61. The highest BCUT2D eigenvalue weighted by Gasteiger charge is 2.37. The van der Waals surface area contributed by atoms with Crippen LogP contribution in [-0.4, -0.2) is 71.6 Å². The molecule has 12 heteroatoms. The van der Waals surface area contributed by atoms with Gasteiger partial charge in [-0.1, -0.05) is 38.3 Å². The van der Waals surface area contributed by atoms with Gasteiger partial charge in [-0.25, -0.2) is 4.79 Å². The number of alkyl carbamates (subject to hydrolysis) is 1. The van der Waals surface area contributed by atoms with Gasteiger partial charge in [-0.05, 0) is 44.9 Å². The van der Waals surface area contributed by atoms with E-state index in [1.165, 1.54) is 36.3 Å². The van der Waals surface area contributed by atoms with Crippen molar-refractivity contribution in [3.63, 3.8) is 0 Å². The van der Waals surface area contributed by atoms with E-state index in [0.717, 1.165) is 19.3 Å². The molecule has 0 spiro atoms. The van der Waals surface area contributed by atoms with Gasteiger partial charge in [-0.3, -0.25) is 19.2 Å². The van der Waals surface area contributed by atoms with E-state index < -0.39 is 60.4 Å². The topological polar surface area (TPSA) is 177 Å². The number of carbonyl (C=O) groups excluding carboxylic acids is 5. The van der Waals surface area contributed by atoms with Crippen LogP contribution in [0.5, 0.6) is 5.75 Å². The van der Waals surface area contributed by atoms with Crippen LogP contribution in [0, 0.1) is 0 Å². The van der Waals surface area contributed by atoms with Crippen LogP contribution >= 0.6 is 0 Å². The summed E-state index contributed by atoms with van der Waals surface area (Å²) >= 11 is 0. The van der Waals surface area contributed by atoms with Gasteiger partial charge in [0.2, 0.25) is 17.7 Å². The Labute approximate surface area is 223 Å². The second-order valence-corrected chi connectivity index (χ2v) is 9.75. The van der Waals surface area contributed by atoms with E-state index >= 15 is 0 Å². The fourth-order valence-electron chi connectivity index (χ4n) is 3.58. The molecule has 0 saturated carbocycles.